The van der Waals surface area contributed by atoms with Crippen molar-refractivity contribution in [1.29, 1.82) is 0 Å². The number of H-pyrrole nitrogens is 1. The van der Waals surface area contributed by atoms with E-state index in [1.165, 1.54) is 17.9 Å². The normalized spacial score (nSPS) is 14.2. The Morgan fingerprint density at radius 2 is 2.05 bits per heavy atom. The van der Waals surface area contributed by atoms with Gasteiger partial charge in [0, 0.05) is 0 Å². The SMILES string of the molecule is COC(CCn1cc(C)c(=O)[nH]c1=O)CO[PH](O)(O)O. The van der Waals surface area contributed by atoms with Crippen LogP contribution < -0.4 is 11.2 Å². The van der Waals surface area contributed by atoms with E-state index in [0.717, 1.165) is 0 Å². The van der Waals surface area contributed by atoms with E-state index in [-0.39, 0.29) is 13.2 Å². The van der Waals surface area contributed by atoms with E-state index >= 15 is 0 Å². The second kappa shape index (κ2) is 7.07. The first-order valence-corrected chi connectivity index (χ1v) is 7.62. The van der Waals surface area contributed by atoms with Crippen LogP contribution in [-0.2, 0) is 15.8 Å². The standard InChI is InChI=1S/C10H19N2O7P/c1-7-5-12(10(14)11-9(7)13)4-3-8(18-2)6-19-20(15,16)17/h5,8,15-17,20H,3-4,6H2,1-2H3,(H,11,13,14). The molecule has 1 aromatic heterocycles. The molecule has 1 atom stereocenters. The number of nitrogens with zero attached hydrogens (tertiary/aromatic N) is 1. The summed E-state index contributed by atoms with van der Waals surface area (Å²) in [6, 6.07) is 0. The fourth-order valence-electron chi connectivity index (χ4n) is 1.54. The fourth-order valence-corrected chi connectivity index (χ4v) is 1.95. The fraction of sp³-hybridized carbons (Fsp3) is 0.600. The molecule has 0 saturated heterocycles. The van der Waals surface area contributed by atoms with Crippen molar-refractivity contribution in [2.24, 2.45) is 0 Å². The number of aryl methyl sites for hydroxylation is 2. The van der Waals surface area contributed by atoms with Crippen LogP contribution in [0.3, 0.4) is 0 Å². The Balaban J connectivity index is 2.63. The van der Waals surface area contributed by atoms with Gasteiger partial charge in [-0.05, 0) is 0 Å². The quantitative estimate of drug-likeness (QED) is 0.458. The molecule has 4 N–H and O–H groups in total. The van der Waals surface area contributed by atoms with Gasteiger partial charge in [0.1, 0.15) is 0 Å². The Labute approximate surface area is 115 Å². The van der Waals surface area contributed by atoms with Crippen molar-refractivity contribution in [3.63, 3.8) is 0 Å². The van der Waals surface area contributed by atoms with Crippen molar-refractivity contribution in [3.8, 4) is 0 Å². The average Bonchev–Trinajstić information content (AvgIpc) is 2.34. The molecule has 0 amide bonds. The predicted molar refractivity (Wildman–Crippen MR) is 72.4 cm³/mol. The van der Waals surface area contributed by atoms with Crippen molar-refractivity contribution in [1.82, 2.24) is 9.55 Å². The Hall–Kier alpha value is -1.09. The van der Waals surface area contributed by atoms with Crippen LogP contribution in [-0.4, -0.2) is 44.1 Å². The molecule has 0 aliphatic carbocycles. The molecule has 0 spiro atoms. The zero-order valence-corrected chi connectivity index (χ0v) is 12.2. The molecule has 0 aromatic carbocycles. The summed E-state index contributed by atoms with van der Waals surface area (Å²) in [4.78, 5) is 51.1. The molecule has 20 heavy (non-hydrogen) atoms. The zero-order chi connectivity index (χ0) is 15.3. The molecule has 1 rings (SSSR count). The van der Waals surface area contributed by atoms with Crippen molar-refractivity contribution >= 4 is 8.17 Å². The maximum atomic E-state index is 11.5. The summed E-state index contributed by atoms with van der Waals surface area (Å²) in [6.07, 6.45) is 1.22. The first kappa shape index (κ1) is 17.0. The second-order valence-electron chi connectivity index (χ2n) is 4.30. The van der Waals surface area contributed by atoms with Gasteiger partial charge in [-0.2, -0.15) is 0 Å². The van der Waals surface area contributed by atoms with Crippen molar-refractivity contribution in [3.05, 3.63) is 32.6 Å². The number of nitrogens with one attached hydrogen (secondary N) is 1. The van der Waals surface area contributed by atoms with Gasteiger partial charge in [-0.25, -0.2) is 0 Å². The molecule has 0 aliphatic heterocycles. The third-order valence-corrected chi connectivity index (χ3v) is 3.23. The Kier molecular flexibility index (Phi) is 6.00. The summed E-state index contributed by atoms with van der Waals surface area (Å²) in [7, 11) is -3.17. The van der Waals surface area contributed by atoms with Gasteiger partial charge in [0.2, 0.25) is 0 Å². The Morgan fingerprint density at radius 3 is 2.60 bits per heavy atom. The summed E-state index contributed by atoms with van der Waals surface area (Å²) in [5, 5.41) is 0. The maximum absolute atomic E-state index is 11.5. The molecule has 1 aromatic rings. The van der Waals surface area contributed by atoms with Crippen LogP contribution in [0.25, 0.3) is 0 Å². The summed E-state index contributed by atoms with van der Waals surface area (Å²) >= 11 is 0. The van der Waals surface area contributed by atoms with Crippen LogP contribution in [0.15, 0.2) is 15.8 Å². The molecular formula is C10H19N2O7P. The van der Waals surface area contributed by atoms with E-state index in [1.807, 2.05) is 0 Å². The third-order valence-electron chi connectivity index (χ3n) is 2.68. The number of hydrogen-bond donors (Lipinski definition) is 4. The first-order chi connectivity index (χ1) is 9.23. The first-order valence-electron chi connectivity index (χ1n) is 5.87. The van der Waals surface area contributed by atoms with Gasteiger partial charge in [0.15, 0.2) is 0 Å². The van der Waals surface area contributed by atoms with Gasteiger partial charge in [-0.3, -0.25) is 0 Å². The van der Waals surface area contributed by atoms with E-state index in [2.05, 4.69) is 9.51 Å². The number of methoxy groups -OCH3 is 1. The number of aromatic amines is 1. The van der Waals surface area contributed by atoms with Crippen molar-refractivity contribution in [2.45, 2.75) is 26.0 Å². The van der Waals surface area contributed by atoms with Crippen LogP contribution in [0.4, 0.5) is 0 Å². The van der Waals surface area contributed by atoms with E-state index in [9.17, 15) is 9.59 Å². The molecule has 0 saturated carbocycles. The van der Waals surface area contributed by atoms with Crippen LogP contribution in [0.1, 0.15) is 12.0 Å². The zero-order valence-electron chi connectivity index (χ0n) is 11.2. The Morgan fingerprint density at radius 1 is 1.40 bits per heavy atom. The molecule has 1 unspecified atom stereocenters. The molecule has 116 valence electrons. The predicted octanol–water partition coefficient (Wildman–Crippen LogP) is -1.35. The van der Waals surface area contributed by atoms with Crippen molar-refractivity contribution in [2.75, 3.05) is 13.7 Å². The van der Waals surface area contributed by atoms with Gasteiger partial charge in [-0.15, -0.1) is 0 Å². The van der Waals surface area contributed by atoms with E-state index < -0.39 is 25.5 Å². The Bertz CT molecular complexity index is 548. The van der Waals surface area contributed by atoms with Crippen LogP contribution >= 0.6 is 8.17 Å². The topological polar surface area (TPSA) is 134 Å². The molecule has 0 fully saturated rings. The van der Waals surface area contributed by atoms with Crippen LogP contribution in [0, 0.1) is 6.92 Å². The molecule has 0 radical (unpaired) electrons. The van der Waals surface area contributed by atoms with Gasteiger partial charge >= 0.3 is 114 Å². The third kappa shape index (κ3) is 5.49. The van der Waals surface area contributed by atoms with Crippen LogP contribution in [0.5, 0.6) is 0 Å². The number of hydrogen-bond acceptors (Lipinski definition) is 7. The molecule has 1 heterocycles. The summed E-state index contributed by atoms with van der Waals surface area (Å²) in [5.74, 6) is 0. The second-order valence-corrected chi connectivity index (χ2v) is 5.73. The van der Waals surface area contributed by atoms with Gasteiger partial charge < -0.3 is 0 Å². The van der Waals surface area contributed by atoms with Crippen LogP contribution in [0.2, 0.25) is 0 Å². The number of ether oxygens (including phenoxy) is 1. The molecule has 10 heteroatoms. The minimum absolute atomic E-state index is 0.219. The average molecular weight is 310 g/mol. The molecule has 9 nitrogen and oxygen atoms in total. The molecular weight excluding hydrogens is 291 g/mol. The van der Waals surface area contributed by atoms with Gasteiger partial charge in [0.05, 0.1) is 0 Å². The number of rotatable bonds is 7. The van der Waals surface area contributed by atoms with Gasteiger partial charge in [0.25, 0.3) is 0 Å². The monoisotopic (exact) mass is 310 g/mol. The van der Waals surface area contributed by atoms with E-state index in [0.29, 0.717) is 12.0 Å². The summed E-state index contributed by atoms with van der Waals surface area (Å²) in [6.45, 7) is 1.60. The summed E-state index contributed by atoms with van der Waals surface area (Å²) in [5.41, 5.74) is -0.566. The van der Waals surface area contributed by atoms with E-state index in [4.69, 9.17) is 19.4 Å². The molecule has 0 aliphatic rings. The summed E-state index contributed by atoms with van der Waals surface area (Å²) < 4.78 is 10.8. The minimum atomic E-state index is -4.57. The number of aromatic nitrogens is 2. The van der Waals surface area contributed by atoms with Gasteiger partial charge in [-0.1, -0.05) is 0 Å². The molecule has 0 bridgehead atoms. The van der Waals surface area contributed by atoms with E-state index in [1.54, 1.807) is 6.92 Å². The van der Waals surface area contributed by atoms with Crippen molar-refractivity contribution < 1.29 is 23.9 Å².